The molecule has 2 heterocycles. The Bertz CT molecular complexity index is 578. The quantitative estimate of drug-likeness (QED) is 0.589. The summed E-state index contributed by atoms with van der Waals surface area (Å²) in [6.07, 6.45) is 9.04. The summed E-state index contributed by atoms with van der Waals surface area (Å²) < 4.78 is 5.73. The Morgan fingerprint density at radius 2 is 1.89 bits per heavy atom. The van der Waals surface area contributed by atoms with Crippen LogP contribution in [0.25, 0.3) is 0 Å². The van der Waals surface area contributed by atoms with Gasteiger partial charge in [-0.25, -0.2) is 4.98 Å². The highest BCUT2D eigenvalue weighted by Gasteiger charge is 2.21. The minimum absolute atomic E-state index is 0.603. The van der Waals surface area contributed by atoms with Gasteiger partial charge in [0.2, 0.25) is 5.89 Å². The van der Waals surface area contributed by atoms with Crippen LogP contribution in [0, 0.1) is 19.8 Å². The van der Waals surface area contributed by atoms with Crippen molar-refractivity contribution < 1.29 is 4.42 Å². The molecule has 3 rings (SSSR count). The van der Waals surface area contributed by atoms with Crippen molar-refractivity contribution in [2.45, 2.75) is 78.3 Å². The number of aromatic nitrogens is 1. The fraction of sp³-hybridized carbons (Fsp3) is 0.810. The monoisotopic (exact) mass is 375 g/mol. The first-order valence-corrected chi connectivity index (χ1v) is 10.8. The highest BCUT2D eigenvalue weighted by molar-refractivity contribution is 5.80. The maximum absolute atomic E-state index is 5.73. The second kappa shape index (κ2) is 10.1. The third-order valence-electron chi connectivity index (χ3n) is 5.94. The molecule has 2 aliphatic rings. The van der Waals surface area contributed by atoms with Gasteiger partial charge in [0.1, 0.15) is 5.76 Å². The first-order valence-electron chi connectivity index (χ1n) is 10.8. The lowest BCUT2D eigenvalue weighted by Crippen LogP contribution is -2.44. The third-order valence-corrected chi connectivity index (χ3v) is 5.94. The van der Waals surface area contributed by atoms with Crippen LogP contribution in [0.1, 0.15) is 69.2 Å². The van der Waals surface area contributed by atoms with Gasteiger partial charge in [-0.1, -0.05) is 19.3 Å². The summed E-state index contributed by atoms with van der Waals surface area (Å²) in [5.74, 6) is 3.48. The van der Waals surface area contributed by atoms with E-state index in [-0.39, 0.29) is 0 Å². The lowest BCUT2D eigenvalue weighted by atomic mass is 9.95. The van der Waals surface area contributed by atoms with E-state index in [2.05, 4.69) is 27.4 Å². The zero-order chi connectivity index (χ0) is 19.1. The van der Waals surface area contributed by atoms with E-state index in [1.807, 2.05) is 13.8 Å². The zero-order valence-electron chi connectivity index (χ0n) is 17.4. The van der Waals surface area contributed by atoms with Crippen LogP contribution in [0.4, 0.5) is 0 Å². The minimum Gasteiger partial charge on any atom is -0.444 e. The minimum atomic E-state index is 0.603. The topological polar surface area (TPSA) is 65.7 Å². The Morgan fingerprint density at radius 1 is 1.15 bits per heavy atom. The molecule has 0 aromatic carbocycles. The normalized spacial score (nSPS) is 20.8. The number of likely N-dealkylation sites (tertiary alicyclic amines) is 1. The van der Waals surface area contributed by atoms with Crippen LogP contribution in [0.5, 0.6) is 0 Å². The molecule has 27 heavy (non-hydrogen) atoms. The molecule has 1 saturated heterocycles. The highest BCUT2D eigenvalue weighted by Crippen LogP contribution is 2.20. The number of guanidine groups is 1. The average Bonchev–Trinajstić information content (AvgIpc) is 2.99. The van der Waals surface area contributed by atoms with Crippen molar-refractivity contribution in [2.75, 3.05) is 26.2 Å². The molecule has 0 bridgehead atoms. The summed E-state index contributed by atoms with van der Waals surface area (Å²) in [5, 5.41) is 7.08. The molecule has 0 atom stereocenters. The number of rotatable bonds is 6. The van der Waals surface area contributed by atoms with Crippen LogP contribution in [0.2, 0.25) is 0 Å². The molecule has 0 unspecified atom stereocenters. The van der Waals surface area contributed by atoms with E-state index in [1.54, 1.807) is 0 Å². The third kappa shape index (κ3) is 6.23. The molecule has 1 saturated carbocycles. The summed E-state index contributed by atoms with van der Waals surface area (Å²) in [6, 6.07) is 0.603. The number of nitrogens with zero attached hydrogens (tertiary/aromatic N) is 3. The van der Waals surface area contributed by atoms with E-state index in [9.17, 15) is 0 Å². The van der Waals surface area contributed by atoms with Gasteiger partial charge in [-0.15, -0.1) is 0 Å². The Morgan fingerprint density at radius 3 is 2.52 bits per heavy atom. The van der Waals surface area contributed by atoms with E-state index < -0.39 is 0 Å². The molecule has 1 aliphatic heterocycles. The molecule has 2 fully saturated rings. The van der Waals surface area contributed by atoms with Crippen molar-refractivity contribution in [3.8, 4) is 0 Å². The lowest BCUT2D eigenvalue weighted by Gasteiger charge is -2.30. The Hall–Kier alpha value is -1.56. The van der Waals surface area contributed by atoms with Crippen molar-refractivity contribution in [3.05, 3.63) is 17.3 Å². The van der Waals surface area contributed by atoms with Gasteiger partial charge in [0.15, 0.2) is 5.96 Å². The maximum atomic E-state index is 5.73. The first-order chi connectivity index (χ1) is 13.1. The SMILES string of the molecule is CCNC(=NCC1CCN(Cc2nc(C)c(C)o2)CC1)NC1CCCCC1. The van der Waals surface area contributed by atoms with Crippen molar-refractivity contribution in [1.29, 1.82) is 0 Å². The second-order valence-electron chi connectivity index (χ2n) is 8.17. The van der Waals surface area contributed by atoms with Crippen LogP contribution in [0.15, 0.2) is 9.41 Å². The fourth-order valence-corrected chi connectivity index (χ4v) is 4.11. The largest absolute Gasteiger partial charge is 0.444 e. The molecule has 1 aromatic heterocycles. The number of hydrogen-bond donors (Lipinski definition) is 2. The molecular weight excluding hydrogens is 338 g/mol. The molecular formula is C21H37N5O. The number of aryl methyl sites for hydroxylation is 2. The van der Waals surface area contributed by atoms with Crippen LogP contribution >= 0.6 is 0 Å². The van der Waals surface area contributed by atoms with E-state index >= 15 is 0 Å². The molecule has 152 valence electrons. The Labute approximate surface area is 164 Å². The smallest absolute Gasteiger partial charge is 0.208 e. The Balaban J connectivity index is 1.43. The molecule has 1 aromatic rings. The van der Waals surface area contributed by atoms with Gasteiger partial charge in [-0.3, -0.25) is 9.89 Å². The maximum Gasteiger partial charge on any atom is 0.208 e. The van der Waals surface area contributed by atoms with E-state index in [1.165, 1.54) is 44.9 Å². The van der Waals surface area contributed by atoms with Gasteiger partial charge < -0.3 is 15.1 Å². The molecule has 0 radical (unpaired) electrons. The Kier molecular flexibility index (Phi) is 7.56. The summed E-state index contributed by atoms with van der Waals surface area (Å²) >= 11 is 0. The van der Waals surface area contributed by atoms with E-state index in [4.69, 9.17) is 9.41 Å². The standard InChI is InChI=1S/C21H37N5O/c1-4-22-21(25-19-8-6-5-7-9-19)23-14-18-10-12-26(13-11-18)15-20-24-16(2)17(3)27-20/h18-19H,4-15H2,1-3H3,(H2,22,23,25). The van der Waals surface area contributed by atoms with Gasteiger partial charge in [0, 0.05) is 19.1 Å². The summed E-state index contributed by atoms with van der Waals surface area (Å²) in [4.78, 5) is 11.9. The first kappa shape index (κ1) is 20.2. The predicted octanol–water partition coefficient (Wildman–Crippen LogP) is 3.39. The average molecular weight is 376 g/mol. The number of piperidine rings is 1. The number of hydrogen-bond acceptors (Lipinski definition) is 4. The van der Waals surface area contributed by atoms with Crippen molar-refractivity contribution in [2.24, 2.45) is 10.9 Å². The molecule has 1 aliphatic carbocycles. The summed E-state index contributed by atoms with van der Waals surface area (Å²) in [6.45, 7) is 11.0. The molecule has 0 amide bonds. The van der Waals surface area contributed by atoms with Gasteiger partial charge in [0.05, 0.1) is 12.2 Å². The van der Waals surface area contributed by atoms with Crippen molar-refractivity contribution in [3.63, 3.8) is 0 Å². The van der Waals surface area contributed by atoms with Crippen LogP contribution in [-0.2, 0) is 6.54 Å². The van der Waals surface area contributed by atoms with Gasteiger partial charge in [0.25, 0.3) is 0 Å². The van der Waals surface area contributed by atoms with E-state index in [0.717, 1.165) is 56.0 Å². The van der Waals surface area contributed by atoms with Crippen LogP contribution in [-0.4, -0.2) is 48.1 Å². The van der Waals surface area contributed by atoms with Gasteiger partial charge in [-0.05, 0) is 65.5 Å². The number of aliphatic imine (C=N–C) groups is 1. The lowest BCUT2D eigenvalue weighted by molar-refractivity contribution is 0.166. The van der Waals surface area contributed by atoms with Crippen LogP contribution < -0.4 is 10.6 Å². The van der Waals surface area contributed by atoms with Crippen LogP contribution in [0.3, 0.4) is 0 Å². The fourth-order valence-electron chi connectivity index (χ4n) is 4.11. The van der Waals surface area contributed by atoms with Crippen molar-refractivity contribution >= 4 is 5.96 Å². The number of nitrogens with one attached hydrogen (secondary N) is 2. The van der Waals surface area contributed by atoms with E-state index in [0.29, 0.717) is 12.0 Å². The molecule has 0 spiro atoms. The molecule has 6 nitrogen and oxygen atoms in total. The second-order valence-corrected chi connectivity index (χ2v) is 8.17. The number of oxazole rings is 1. The van der Waals surface area contributed by atoms with Gasteiger partial charge >= 0.3 is 0 Å². The predicted molar refractivity (Wildman–Crippen MR) is 110 cm³/mol. The zero-order valence-corrected chi connectivity index (χ0v) is 17.4. The molecule has 6 heteroatoms. The highest BCUT2D eigenvalue weighted by atomic mass is 16.4. The molecule has 2 N–H and O–H groups in total. The summed E-state index contributed by atoms with van der Waals surface area (Å²) in [5.41, 5.74) is 1.01. The van der Waals surface area contributed by atoms with Gasteiger partial charge in [-0.2, -0.15) is 0 Å². The summed E-state index contributed by atoms with van der Waals surface area (Å²) in [7, 11) is 0. The van der Waals surface area contributed by atoms with Crippen molar-refractivity contribution in [1.82, 2.24) is 20.5 Å².